The Kier molecular flexibility index (Phi) is 5.48. The lowest BCUT2D eigenvalue weighted by Gasteiger charge is -2.07. The summed E-state index contributed by atoms with van der Waals surface area (Å²) in [6, 6.07) is 16.8. The highest BCUT2D eigenvalue weighted by Crippen LogP contribution is 2.15. The topological polar surface area (TPSA) is 43.4 Å². The van der Waals surface area contributed by atoms with Gasteiger partial charge in [-0.15, -0.1) is 0 Å². The molecule has 0 amide bonds. The lowest BCUT2D eigenvalue weighted by Crippen LogP contribution is -2.13. The van der Waals surface area contributed by atoms with Gasteiger partial charge in [-0.1, -0.05) is 56.3 Å². The quantitative estimate of drug-likeness (QED) is 0.615. The number of rotatable bonds is 5. The molecule has 2 aromatic rings. The summed E-state index contributed by atoms with van der Waals surface area (Å²) in [6.07, 6.45) is 0.763. The van der Waals surface area contributed by atoms with Crippen molar-refractivity contribution < 1.29 is 14.3 Å². The van der Waals surface area contributed by atoms with E-state index in [1.807, 2.05) is 42.5 Å². The van der Waals surface area contributed by atoms with Crippen molar-refractivity contribution in [3.05, 3.63) is 71.3 Å². The fraction of sp³-hybridized carbons (Fsp3) is 0.263. The molecule has 0 saturated heterocycles. The number of carbonyl (C=O) groups excluding carboxylic acids is 2. The van der Waals surface area contributed by atoms with Crippen molar-refractivity contribution in [3.8, 4) is 0 Å². The third-order valence-electron chi connectivity index (χ3n) is 3.48. The summed E-state index contributed by atoms with van der Waals surface area (Å²) < 4.78 is 4.88. The zero-order valence-electron chi connectivity index (χ0n) is 12.9. The van der Waals surface area contributed by atoms with Gasteiger partial charge in [-0.2, -0.15) is 0 Å². The van der Waals surface area contributed by atoms with Crippen molar-refractivity contribution in [1.29, 1.82) is 0 Å². The predicted molar refractivity (Wildman–Crippen MR) is 85.7 cm³/mol. The van der Waals surface area contributed by atoms with E-state index in [-0.39, 0.29) is 6.42 Å². The molecule has 0 aromatic heterocycles. The molecular weight excluding hydrogens is 276 g/mol. The van der Waals surface area contributed by atoms with E-state index in [0.717, 1.165) is 11.1 Å². The molecule has 2 rings (SSSR count). The number of hydrogen-bond acceptors (Lipinski definition) is 3. The Bertz CT molecular complexity index is 627. The monoisotopic (exact) mass is 296 g/mol. The van der Waals surface area contributed by atoms with Gasteiger partial charge in [0.2, 0.25) is 0 Å². The maximum atomic E-state index is 11.9. The first-order chi connectivity index (χ1) is 10.6. The van der Waals surface area contributed by atoms with Gasteiger partial charge < -0.3 is 4.74 Å². The van der Waals surface area contributed by atoms with Crippen LogP contribution in [0, 0.1) is 0 Å². The van der Waals surface area contributed by atoms with Crippen LogP contribution in [0.2, 0.25) is 0 Å². The largest absolute Gasteiger partial charge is 0.389 e. The van der Waals surface area contributed by atoms with Crippen molar-refractivity contribution in [2.75, 3.05) is 0 Å². The zero-order valence-corrected chi connectivity index (χ0v) is 12.9. The van der Waals surface area contributed by atoms with Crippen LogP contribution in [-0.2, 0) is 16.0 Å². The summed E-state index contributed by atoms with van der Waals surface area (Å²) >= 11 is 0. The van der Waals surface area contributed by atoms with Gasteiger partial charge in [-0.05, 0) is 35.6 Å². The number of aryl methyl sites for hydroxylation is 1. The van der Waals surface area contributed by atoms with Gasteiger partial charge in [0.15, 0.2) is 0 Å². The molecule has 0 heterocycles. The normalized spacial score (nSPS) is 10.5. The number of esters is 2. The SMILES string of the molecule is CC(C)c1ccc(C(=O)OC(=O)CCc2ccccc2)cc1. The lowest BCUT2D eigenvalue weighted by molar-refractivity contribution is -0.137. The van der Waals surface area contributed by atoms with Gasteiger partial charge in [0, 0.05) is 0 Å². The second-order valence-corrected chi connectivity index (χ2v) is 5.52. The summed E-state index contributed by atoms with van der Waals surface area (Å²) in [5.74, 6) is -0.687. The molecule has 0 bridgehead atoms. The number of ether oxygens (including phenoxy) is 1. The summed E-state index contributed by atoms with van der Waals surface area (Å²) in [4.78, 5) is 23.6. The molecule has 0 saturated carbocycles. The number of benzene rings is 2. The van der Waals surface area contributed by atoms with Crippen LogP contribution in [0.1, 0.15) is 47.7 Å². The van der Waals surface area contributed by atoms with Crippen molar-refractivity contribution in [1.82, 2.24) is 0 Å². The van der Waals surface area contributed by atoms with E-state index >= 15 is 0 Å². The molecule has 0 atom stereocenters. The standard InChI is InChI=1S/C19H20O3/c1-14(2)16-9-11-17(12-10-16)19(21)22-18(20)13-8-15-6-4-3-5-7-15/h3-7,9-12,14H,8,13H2,1-2H3. The maximum absolute atomic E-state index is 11.9. The summed E-state index contributed by atoms with van der Waals surface area (Å²) in [6.45, 7) is 4.17. The van der Waals surface area contributed by atoms with Crippen molar-refractivity contribution in [2.24, 2.45) is 0 Å². The van der Waals surface area contributed by atoms with E-state index in [1.165, 1.54) is 0 Å². The Hall–Kier alpha value is -2.42. The van der Waals surface area contributed by atoms with E-state index in [2.05, 4.69) is 13.8 Å². The molecule has 22 heavy (non-hydrogen) atoms. The molecule has 0 aliphatic carbocycles. The minimum absolute atomic E-state index is 0.194. The van der Waals surface area contributed by atoms with E-state index in [9.17, 15) is 9.59 Å². The minimum atomic E-state index is -0.589. The Morgan fingerprint density at radius 2 is 1.59 bits per heavy atom. The van der Waals surface area contributed by atoms with Gasteiger partial charge in [0.25, 0.3) is 0 Å². The fourth-order valence-electron chi connectivity index (χ4n) is 2.11. The van der Waals surface area contributed by atoms with Gasteiger partial charge in [-0.3, -0.25) is 4.79 Å². The van der Waals surface area contributed by atoms with Crippen LogP contribution >= 0.6 is 0 Å². The van der Waals surface area contributed by atoms with Crippen LogP contribution in [0.5, 0.6) is 0 Å². The molecule has 0 aliphatic rings. The Balaban J connectivity index is 1.87. The lowest BCUT2D eigenvalue weighted by atomic mass is 10.0. The molecule has 3 nitrogen and oxygen atoms in total. The molecular formula is C19H20O3. The second kappa shape index (κ2) is 7.55. The van der Waals surface area contributed by atoms with Crippen molar-refractivity contribution in [2.45, 2.75) is 32.6 Å². The third kappa shape index (κ3) is 4.55. The van der Waals surface area contributed by atoms with Gasteiger partial charge in [-0.25, -0.2) is 4.79 Å². The minimum Gasteiger partial charge on any atom is -0.389 e. The van der Waals surface area contributed by atoms with E-state index in [0.29, 0.717) is 17.9 Å². The highest BCUT2D eigenvalue weighted by molar-refractivity contribution is 5.96. The average Bonchev–Trinajstić information content (AvgIpc) is 2.54. The molecule has 3 heteroatoms. The molecule has 0 spiro atoms. The molecule has 0 unspecified atom stereocenters. The highest BCUT2D eigenvalue weighted by atomic mass is 16.6. The molecule has 0 fully saturated rings. The van der Waals surface area contributed by atoms with Crippen LogP contribution < -0.4 is 0 Å². The molecule has 0 aliphatic heterocycles. The van der Waals surface area contributed by atoms with Crippen LogP contribution in [0.3, 0.4) is 0 Å². The third-order valence-corrected chi connectivity index (χ3v) is 3.48. The van der Waals surface area contributed by atoms with Gasteiger partial charge >= 0.3 is 11.9 Å². The number of carbonyl (C=O) groups is 2. The predicted octanol–water partition coefficient (Wildman–Crippen LogP) is 4.13. The molecule has 0 N–H and O–H groups in total. The van der Waals surface area contributed by atoms with Crippen LogP contribution in [0.4, 0.5) is 0 Å². The van der Waals surface area contributed by atoms with Crippen LogP contribution in [-0.4, -0.2) is 11.9 Å². The smallest absolute Gasteiger partial charge is 0.345 e. The number of hydrogen-bond donors (Lipinski definition) is 0. The molecule has 114 valence electrons. The Morgan fingerprint density at radius 1 is 0.955 bits per heavy atom. The van der Waals surface area contributed by atoms with E-state index in [1.54, 1.807) is 12.1 Å². The van der Waals surface area contributed by atoms with Crippen LogP contribution in [0.25, 0.3) is 0 Å². The van der Waals surface area contributed by atoms with E-state index in [4.69, 9.17) is 4.74 Å². The van der Waals surface area contributed by atoms with Gasteiger partial charge in [0.1, 0.15) is 0 Å². The fourth-order valence-corrected chi connectivity index (χ4v) is 2.11. The Morgan fingerprint density at radius 3 is 2.18 bits per heavy atom. The molecule has 0 radical (unpaired) electrons. The maximum Gasteiger partial charge on any atom is 0.345 e. The summed E-state index contributed by atoms with van der Waals surface area (Å²) in [5.41, 5.74) is 2.60. The van der Waals surface area contributed by atoms with E-state index < -0.39 is 11.9 Å². The van der Waals surface area contributed by atoms with Crippen LogP contribution in [0.15, 0.2) is 54.6 Å². The zero-order chi connectivity index (χ0) is 15.9. The highest BCUT2D eigenvalue weighted by Gasteiger charge is 2.13. The second-order valence-electron chi connectivity index (χ2n) is 5.52. The summed E-state index contributed by atoms with van der Waals surface area (Å²) in [5, 5.41) is 0. The Labute approximate surface area is 130 Å². The van der Waals surface area contributed by atoms with Gasteiger partial charge in [0.05, 0.1) is 12.0 Å². The van der Waals surface area contributed by atoms with Crippen molar-refractivity contribution >= 4 is 11.9 Å². The summed E-state index contributed by atoms with van der Waals surface area (Å²) in [7, 11) is 0. The average molecular weight is 296 g/mol. The first-order valence-electron chi connectivity index (χ1n) is 7.45. The molecule has 2 aromatic carbocycles. The van der Waals surface area contributed by atoms with Crippen molar-refractivity contribution in [3.63, 3.8) is 0 Å². The first-order valence-corrected chi connectivity index (χ1v) is 7.45. The first kappa shape index (κ1) is 16.0.